The van der Waals surface area contributed by atoms with Gasteiger partial charge in [0, 0.05) is 29.4 Å². The van der Waals surface area contributed by atoms with Crippen molar-refractivity contribution in [3.8, 4) is 0 Å². The second-order valence-electron chi connectivity index (χ2n) is 5.88. The van der Waals surface area contributed by atoms with Crippen LogP contribution >= 0.6 is 11.3 Å². The highest BCUT2D eigenvalue weighted by Crippen LogP contribution is 2.20. The van der Waals surface area contributed by atoms with Crippen LogP contribution in [0.4, 0.5) is 0 Å². The van der Waals surface area contributed by atoms with Crippen LogP contribution in [0.25, 0.3) is 0 Å². The molecule has 0 radical (unpaired) electrons. The van der Waals surface area contributed by atoms with E-state index in [0.29, 0.717) is 5.41 Å². The molecule has 0 unspecified atom stereocenters. The predicted octanol–water partition coefficient (Wildman–Crippen LogP) is 3.34. The number of nitrogens with one attached hydrogen (secondary N) is 1. The summed E-state index contributed by atoms with van der Waals surface area (Å²) in [5.41, 5.74) is 0.374. The van der Waals surface area contributed by atoms with Gasteiger partial charge in [-0.1, -0.05) is 27.7 Å². The average molecular weight is 254 g/mol. The Morgan fingerprint density at radius 1 is 1.24 bits per heavy atom. The summed E-state index contributed by atoms with van der Waals surface area (Å²) in [4.78, 5) is 5.30. The van der Waals surface area contributed by atoms with Crippen molar-refractivity contribution < 1.29 is 0 Å². The molecule has 0 aliphatic carbocycles. The lowest BCUT2D eigenvalue weighted by Gasteiger charge is -2.25. The highest BCUT2D eigenvalue weighted by atomic mass is 32.1. The van der Waals surface area contributed by atoms with Crippen molar-refractivity contribution in [3.05, 3.63) is 21.9 Å². The lowest BCUT2D eigenvalue weighted by atomic mass is 9.96. The Hall–Kier alpha value is -0.380. The zero-order chi connectivity index (χ0) is 12.9. The molecular formula is C14H26N2S. The van der Waals surface area contributed by atoms with Gasteiger partial charge in [0.05, 0.1) is 0 Å². The number of hydrogen-bond acceptors (Lipinski definition) is 3. The Kier molecular flexibility index (Phi) is 5.63. The van der Waals surface area contributed by atoms with Gasteiger partial charge in [-0.15, -0.1) is 11.3 Å². The first-order valence-electron chi connectivity index (χ1n) is 6.37. The van der Waals surface area contributed by atoms with Gasteiger partial charge in [-0.25, -0.2) is 0 Å². The number of nitrogens with zero attached hydrogens (tertiary/aromatic N) is 1. The third kappa shape index (κ3) is 6.20. The molecule has 2 nitrogen and oxygen atoms in total. The molecule has 1 aromatic rings. The summed E-state index contributed by atoms with van der Waals surface area (Å²) in [6.45, 7) is 13.2. The minimum atomic E-state index is 0.374. The van der Waals surface area contributed by atoms with E-state index < -0.39 is 0 Å². The summed E-state index contributed by atoms with van der Waals surface area (Å²) in [6, 6.07) is 4.50. The molecule has 0 spiro atoms. The fourth-order valence-corrected chi connectivity index (χ4v) is 3.05. The van der Waals surface area contributed by atoms with Gasteiger partial charge in [0.15, 0.2) is 0 Å². The number of hydrogen-bond donors (Lipinski definition) is 1. The summed E-state index contributed by atoms with van der Waals surface area (Å²) < 4.78 is 0. The van der Waals surface area contributed by atoms with Crippen molar-refractivity contribution >= 4 is 11.3 Å². The van der Waals surface area contributed by atoms with Gasteiger partial charge in [-0.2, -0.15) is 0 Å². The van der Waals surface area contributed by atoms with Gasteiger partial charge in [0.2, 0.25) is 0 Å². The van der Waals surface area contributed by atoms with E-state index >= 15 is 0 Å². The van der Waals surface area contributed by atoms with Crippen molar-refractivity contribution in [1.29, 1.82) is 0 Å². The summed E-state index contributed by atoms with van der Waals surface area (Å²) in [6.07, 6.45) is 0. The van der Waals surface area contributed by atoms with Crippen LogP contribution < -0.4 is 5.32 Å². The van der Waals surface area contributed by atoms with Gasteiger partial charge in [0.1, 0.15) is 0 Å². The quantitative estimate of drug-likeness (QED) is 0.837. The lowest BCUT2D eigenvalue weighted by molar-refractivity contribution is 0.222. The fourth-order valence-electron chi connectivity index (χ4n) is 1.98. The first-order valence-corrected chi connectivity index (χ1v) is 7.19. The van der Waals surface area contributed by atoms with Crippen LogP contribution in [0.15, 0.2) is 12.1 Å². The van der Waals surface area contributed by atoms with Crippen molar-refractivity contribution in [2.75, 3.05) is 20.1 Å². The minimum absolute atomic E-state index is 0.374. The maximum Gasteiger partial charge on any atom is 0.0325 e. The molecule has 1 N–H and O–H groups in total. The van der Waals surface area contributed by atoms with Gasteiger partial charge in [-0.3, -0.25) is 0 Å². The van der Waals surface area contributed by atoms with Crippen molar-refractivity contribution in [2.24, 2.45) is 5.41 Å². The molecule has 1 aromatic heterocycles. The van der Waals surface area contributed by atoms with E-state index in [4.69, 9.17) is 0 Å². The largest absolute Gasteiger partial charge is 0.312 e. The number of thiophene rings is 1. The van der Waals surface area contributed by atoms with Crippen LogP contribution in [-0.4, -0.2) is 25.0 Å². The molecular weight excluding hydrogens is 228 g/mol. The molecule has 1 heterocycles. The smallest absolute Gasteiger partial charge is 0.0325 e. The molecule has 0 saturated heterocycles. The summed E-state index contributed by atoms with van der Waals surface area (Å²) in [7, 11) is 2.20. The van der Waals surface area contributed by atoms with Crippen molar-refractivity contribution in [2.45, 2.75) is 40.8 Å². The summed E-state index contributed by atoms with van der Waals surface area (Å²) in [5, 5.41) is 3.37. The Labute approximate surface area is 110 Å². The second-order valence-corrected chi connectivity index (χ2v) is 7.13. The van der Waals surface area contributed by atoms with Crippen LogP contribution in [0.5, 0.6) is 0 Å². The van der Waals surface area contributed by atoms with Crippen molar-refractivity contribution in [1.82, 2.24) is 10.2 Å². The molecule has 0 amide bonds. The Bertz CT molecular complexity index is 325. The van der Waals surface area contributed by atoms with Crippen LogP contribution in [-0.2, 0) is 13.1 Å². The van der Waals surface area contributed by atoms with Crippen LogP contribution in [0.1, 0.15) is 37.4 Å². The Morgan fingerprint density at radius 3 is 2.47 bits per heavy atom. The van der Waals surface area contributed by atoms with Crippen LogP contribution in [0, 0.1) is 5.41 Å². The molecule has 3 heteroatoms. The Balaban J connectivity index is 2.43. The van der Waals surface area contributed by atoms with Crippen LogP contribution in [0.2, 0.25) is 0 Å². The normalized spacial score (nSPS) is 12.4. The third-order valence-electron chi connectivity index (χ3n) is 2.44. The lowest BCUT2D eigenvalue weighted by Crippen LogP contribution is -2.28. The summed E-state index contributed by atoms with van der Waals surface area (Å²) in [5.74, 6) is 0. The highest BCUT2D eigenvalue weighted by Gasteiger charge is 2.14. The summed E-state index contributed by atoms with van der Waals surface area (Å²) >= 11 is 1.92. The standard InChI is InChI=1S/C14H26N2S/c1-6-15-9-12-7-8-13(17-12)10-16(5)11-14(2,3)4/h7-8,15H,6,9-11H2,1-5H3. The third-order valence-corrected chi connectivity index (χ3v) is 3.51. The highest BCUT2D eigenvalue weighted by molar-refractivity contribution is 7.11. The van der Waals surface area contributed by atoms with Gasteiger partial charge in [0.25, 0.3) is 0 Å². The van der Waals surface area contributed by atoms with E-state index in [9.17, 15) is 0 Å². The zero-order valence-electron chi connectivity index (χ0n) is 11.8. The van der Waals surface area contributed by atoms with E-state index in [1.165, 1.54) is 9.75 Å². The molecule has 0 fully saturated rings. The zero-order valence-corrected chi connectivity index (χ0v) is 12.7. The minimum Gasteiger partial charge on any atom is -0.312 e. The molecule has 0 aliphatic rings. The number of rotatable bonds is 6. The van der Waals surface area contributed by atoms with E-state index in [2.05, 4.69) is 57.1 Å². The maximum atomic E-state index is 3.37. The predicted molar refractivity (Wildman–Crippen MR) is 77.5 cm³/mol. The van der Waals surface area contributed by atoms with Gasteiger partial charge >= 0.3 is 0 Å². The first-order chi connectivity index (χ1) is 7.90. The molecule has 0 atom stereocenters. The molecule has 0 saturated carbocycles. The molecule has 17 heavy (non-hydrogen) atoms. The Morgan fingerprint density at radius 2 is 1.88 bits per heavy atom. The van der Waals surface area contributed by atoms with Crippen molar-refractivity contribution in [3.63, 3.8) is 0 Å². The average Bonchev–Trinajstić information content (AvgIpc) is 2.59. The second kappa shape index (κ2) is 6.53. The van der Waals surface area contributed by atoms with E-state index in [1.54, 1.807) is 0 Å². The SMILES string of the molecule is CCNCc1ccc(CN(C)CC(C)(C)C)s1. The molecule has 0 aliphatic heterocycles. The van der Waals surface area contributed by atoms with Crippen LogP contribution in [0.3, 0.4) is 0 Å². The van der Waals surface area contributed by atoms with E-state index in [-0.39, 0.29) is 0 Å². The molecule has 1 rings (SSSR count). The fraction of sp³-hybridized carbons (Fsp3) is 0.714. The van der Waals surface area contributed by atoms with E-state index in [1.807, 2.05) is 11.3 Å². The molecule has 98 valence electrons. The van der Waals surface area contributed by atoms with Gasteiger partial charge in [-0.05, 0) is 31.1 Å². The molecule has 0 aromatic carbocycles. The maximum absolute atomic E-state index is 3.37. The van der Waals surface area contributed by atoms with E-state index in [0.717, 1.165) is 26.2 Å². The molecule has 0 bridgehead atoms. The first kappa shape index (κ1) is 14.7. The van der Waals surface area contributed by atoms with Gasteiger partial charge < -0.3 is 10.2 Å². The monoisotopic (exact) mass is 254 g/mol. The topological polar surface area (TPSA) is 15.3 Å².